The predicted molar refractivity (Wildman–Crippen MR) is 85.1 cm³/mol. The number of carbonyl (C=O) groups is 2. The van der Waals surface area contributed by atoms with Gasteiger partial charge < -0.3 is 24.1 Å². The second kappa shape index (κ2) is 7.08. The molecule has 0 saturated heterocycles. The van der Waals surface area contributed by atoms with Gasteiger partial charge in [-0.3, -0.25) is 4.79 Å². The number of hydrogen-bond donors (Lipinski definition) is 1. The SMILES string of the molecule is Cn1cccc1C(=O)OCC(=O)NC[C@@H]1COc2ccccc2O1. The molecule has 1 N–H and O–H groups in total. The Labute approximate surface area is 139 Å². The summed E-state index contributed by atoms with van der Waals surface area (Å²) in [6.45, 7) is 0.281. The van der Waals surface area contributed by atoms with Crippen molar-refractivity contribution >= 4 is 11.9 Å². The molecule has 0 aliphatic carbocycles. The van der Waals surface area contributed by atoms with Crippen molar-refractivity contribution < 1.29 is 23.8 Å². The first kappa shape index (κ1) is 15.9. The Bertz CT molecular complexity index is 740. The summed E-state index contributed by atoms with van der Waals surface area (Å²) in [5.41, 5.74) is 0.392. The van der Waals surface area contributed by atoms with Crippen molar-refractivity contribution in [3.05, 3.63) is 48.3 Å². The lowest BCUT2D eigenvalue weighted by Gasteiger charge is -2.26. The fourth-order valence-corrected chi connectivity index (χ4v) is 2.32. The van der Waals surface area contributed by atoms with Gasteiger partial charge in [-0.25, -0.2) is 4.79 Å². The number of benzene rings is 1. The number of aromatic nitrogens is 1. The van der Waals surface area contributed by atoms with Gasteiger partial charge in [-0.15, -0.1) is 0 Å². The quantitative estimate of drug-likeness (QED) is 0.832. The Morgan fingerprint density at radius 3 is 2.79 bits per heavy atom. The van der Waals surface area contributed by atoms with E-state index in [1.807, 2.05) is 24.3 Å². The molecule has 0 unspecified atom stereocenters. The highest BCUT2D eigenvalue weighted by Gasteiger charge is 2.21. The van der Waals surface area contributed by atoms with E-state index in [4.69, 9.17) is 14.2 Å². The van der Waals surface area contributed by atoms with Crippen molar-refractivity contribution in [3.8, 4) is 11.5 Å². The molecule has 2 heterocycles. The molecule has 1 amide bonds. The van der Waals surface area contributed by atoms with E-state index in [0.29, 0.717) is 23.8 Å². The molecular formula is C17H18N2O5. The van der Waals surface area contributed by atoms with Crippen molar-refractivity contribution in [2.24, 2.45) is 7.05 Å². The van der Waals surface area contributed by atoms with Gasteiger partial charge in [0.1, 0.15) is 18.4 Å². The molecule has 0 saturated carbocycles. The van der Waals surface area contributed by atoms with Gasteiger partial charge in [0, 0.05) is 13.2 Å². The molecule has 24 heavy (non-hydrogen) atoms. The number of ether oxygens (including phenoxy) is 3. The highest BCUT2D eigenvalue weighted by molar-refractivity contribution is 5.89. The Kier molecular flexibility index (Phi) is 4.69. The molecule has 7 nitrogen and oxygen atoms in total. The van der Waals surface area contributed by atoms with Crippen LogP contribution < -0.4 is 14.8 Å². The summed E-state index contributed by atoms with van der Waals surface area (Å²) in [5, 5.41) is 2.67. The zero-order chi connectivity index (χ0) is 16.9. The lowest BCUT2D eigenvalue weighted by atomic mass is 10.2. The maximum atomic E-state index is 11.8. The van der Waals surface area contributed by atoms with Crippen LogP contribution >= 0.6 is 0 Å². The van der Waals surface area contributed by atoms with Crippen molar-refractivity contribution in [2.75, 3.05) is 19.8 Å². The maximum absolute atomic E-state index is 11.8. The molecule has 0 radical (unpaired) electrons. The summed E-state index contributed by atoms with van der Waals surface area (Å²) in [6, 6.07) is 10.7. The Hall–Kier alpha value is -2.96. The molecular weight excluding hydrogens is 312 g/mol. The third-order valence-electron chi connectivity index (χ3n) is 3.58. The number of nitrogens with zero attached hydrogens (tertiary/aromatic N) is 1. The molecule has 1 atom stereocenters. The fourth-order valence-electron chi connectivity index (χ4n) is 2.32. The summed E-state index contributed by atoms with van der Waals surface area (Å²) >= 11 is 0. The van der Waals surface area contributed by atoms with Gasteiger partial charge in [0.2, 0.25) is 0 Å². The fraction of sp³-hybridized carbons (Fsp3) is 0.294. The van der Waals surface area contributed by atoms with Gasteiger partial charge in [0.05, 0.1) is 6.54 Å². The molecule has 2 aromatic rings. The number of hydrogen-bond acceptors (Lipinski definition) is 5. The van der Waals surface area contributed by atoms with Crippen LogP contribution in [0.4, 0.5) is 0 Å². The third kappa shape index (κ3) is 3.68. The van der Waals surface area contributed by atoms with Crippen molar-refractivity contribution in [1.82, 2.24) is 9.88 Å². The first-order chi connectivity index (χ1) is 11.6. The number of carbonyl (C=O) groups excluding carboxylic acids is 2. The van der Waals surface area contributed by atoms with Crippen LogP contribution in [0.15, 0.2) is 42.6 Å². The average molecular weight is 330 g/mol. The molecule has 0 fully saturated rings. The van der Waals surface area contributed by atoms with E-state index >= 15 is 0 Å². The number of rotatable bonds is 5. The van der Waals surface area contributed by atoms with Gasteiger partial charge in [-0.05, 0) is 24.3 Å². The lowest BCUT2D eigenvalue weighted by Crippen LogP contribution is -2.42. The van der Waals surface area contributed by atoms with Crippen LogP contribution in [-0.4, -0.2) is 42.3 Å². The number of aryl methyl sites for hydroxylation is 1. The maximum Gasteiger partial charge on any atom is 0.355 e. The van der Waals surface area contributed by atoms with Crippen LogP contribution in [0, 0.1) is 0 Å². The van der Waals surface area contributed by atoms with Crippen LogP contribution in [-0.2, 0) is 16.6 Å². The minimum atomic E-state index is -0.538. The number of amides is 1. The monoisotopic (exact) mass is 330 g/mol. The second-order valence-corrected chi connectivity index (χ2v) is 5.38. The topological polar surface area (TPSA) is 78.8 Å². The minimum Gasteiger partial charge on any atom is -0.486 e. The van der Waals surface area contributed by atoms with Gasteiger partial charge in [0.25, 0.3) is 5.91 Å². The molecule has 0 bridgehead atoms. The molecule has 1 aliphatic heterocycles. The molecule has 0 spiro atoms. The van der Waals surface area contributed by atoms with Crippen LogP contribution in [0.1, 0.15) is 10.5 Å². The summed E-state index contributed by atoms with van der Waals surface area (Å²) < 4.78 is 17.9. The predicted octanol–water partition coefficient (Wildman–Crippen LogP) is 1.14. The van der Waals surface area contributed by atoms with Gasteiger partial charge in [-0.1, -0.05) is 12.1 Å². The summed E-state index contributed by atoms with van der Waals surface area (Å²) in [5.74, 6) is 0.415. The molecule has 1 aromatic carbocycles. The number of esters is 1. The number of nitrogens with one attached hydrogen (secondary N) is 1. The zero-order valence-electron chi connectivity index (χ0n) is 13.2. The highest BCUT2D eigenvalue weighted by Crippen LogP contribution is 2.30. The Morgan fingerprint density at radius 2 is 2.04 bits per heavy atom. The Balaban J connectivity index is 1.42. The van der Waals surface area contributed by atoms with Gasteiger partial charge >= 0.3 is 5.97 Å². The van der Waals surface area contributed by atoms with E-state index in [1.165, 1.54) is 0 Å². The molecule has 1 aromatic heterocycles. The first-order valence-electron chi connectivity index (χ1n) is 7.57. The minimum absolute atomic E-state index is 0.273. The molecule has 7 heteroatoms. The van der Waals surface area contributed by atoms with Crippen LogP contribution in [0.3, 0.4) is 0 Å². The van der Waals surface area contributed by atoms with Crippen molar-refractivity contribution in [1.29, 1.82) is 0 Å². The number of fused-ring (bicyclic) bond motifs is 1. The highest BCUT2D eigenvalue weighted by atomic mass is 16.6. The Morgan fingerprint density at radius 1 is 1.25 bits per heavy atom. The molecule has 3 rings (SSSR count). The van der Waals surface area contributed by atoms with Gasteiger partial charge in [0.15, 0.2) is 18.1 Å². The van der Waals surface area contributed by atoms with Crippen molar-refractivity contribution in [3.63, 3.8) is 0 Å². The smallest absolute Gasteiger partial charge is 0.355 e. The van der Waals surface area contributed by atoms with Crippen LogP contribution in [0.2, 0.25) is 0 Å². The second-order valence-electron chi connectivity index (χ2n) is 5.38. The van der Waals surface area contributed by atoms with E-state index in [-0.39, 0.29) is 25.2 Å². The summed E-state index contributed by atoms with van der Waals surface area (Å²) in [7, 11) is 1.73. The van der Waals surface area contributed by atoms with Crippen LogP contribution in [0.25, 0.3) is 0 Å². The molecule has 1 aliphatic rings. The largest absolute Gasteiger partial charge is 0.486 e. The van der Waals surface area contributed by atoms with E-state index in [9.17, 15) is 9.59 Å². The van der Waals surface area contributed by atoms with Gasteiger partial charge in [-0.2, -0.15) is 0 Å². The third-order valence-corrected chi connectivity index (χ3v) is 3.58. The van der Waals surface area contributed by atoms with E-state index in [2.05, 4.69) is 5.32 Å². The standard InChI is InChI=1S/C17H18N2O5/c1-19-8-4-5-13(19)17(21)23-11-16(20)18-9-12-10-22-14-6-2-3-7-15(14)24-12/h2-8,12H,9-11H2,1H3,(H,18,20)/t12-/m1/s1. The lowest BCUT2D eigenvalue weighted by molar-refractivity contribution is -0.124. The molecule has 126 valence electrons. The first-order valence-corrected chi connectivity index (χ1v) is 7.57. The number of para-hydroxylation sites is 2. The van der Waals surface area contributed by atoms with Crippen molar-refractivity contribution in [2.45, 2.75) is 6.10 Å². The normalized spacial score (nSPS) is 15.6. The van der Waals surface area contributed by atoms with E-state index in [1.54, 1.807) is 29.9 Å². The summed E-state index contributed by atoms with van der Waals surface area (Å²) in [4.78, 5) is 23.6. The average Bonchev–Trinajstić information content (AvgIpc) is 3.03. The van der Waals surface area contributed by atoms with E-state index in [0.717, 1.165) is 0 Å². The van der Waals surface area contributed by atoms with Crippen LogP contribution in [0.5, 0.6) is 11.5 Å². The summed E-state index contributed by atoms with van der Waals surface area (Å²) in [6.07, 6.45) is 1.45. The van der Waals surface area contributed by atoms with E-state index < -0.39 is 5.97 Å². The zero-order valence-corrected chi connectivity index (χ0v) is 13.2.